The summed E-state index contributed by atoms with van der Waals surface area (Å²) in [5, 5.41) is 0.270. The van der Waals surface area contributed by atoms with Crippen LogP contribution in [-0.2, 0) is 10.0 Å². The van der Waals surface area contributed by atoms with Gasteiger partial charge in [-0.25, -0.2) is 8.42 Å². The Bertz CT molecular complexity index is 562. The fourth-order valence-electron chi connectivity index (χ4n) is 2.30. The maximum absolute atomic E-state index is 12.6. The van der Waals surface area contributed by atoms with Crippen molar-refractivity contribution in [3.8, 4) is 0 Å². The van der Waals surface area contributed by atoms with Crippen LogP contribution in [0, 0.1) is 5.92 Å². The Morgan fingerprint density at radius 2 is 2.05 bits per heavy atom. The van der Waals surface area contributed by atoms with Crippen molar-refractivity contribution in [3.63, 3.8) is 0 Å². The average molecular weight is 367 g/mol. The highest BCUT2D eigenvalue weighted by Gasteiger charge is 2.28. The van der Waals surface area contributed by atoms with Crippen LogP contribution in [0.2, 0.25) is 5.02 Å². The predicted molar refractivity (Wildman–Crippen MR) is 80.9 cm³/mol. The van der Waals surface area contributed by atoms with Crippen LogP contribution in [0.15, 0.2) is 27.6 Å². The standard InChI is InChI=1S/C13H17BrClNO2S/c1-10-3-2-7-16(8-6-10)19(17,18)13-5-4-11(14)9-12(13)15/h4-5,9-10H,2-3,6-8H2,1H3. The summed E-state index contributed by atoms with van der Waals surface area (Å²) in [5.41, 5.74) is 0. The normalized spacial score (nSPS) is 22.2. The summed E-state index contributed by atoms with van der Waals surface area (Å²) in [6.45, 7) is 3.33. The molecule has 1 aliphatic rings. The van der Waals surface area contributed by atoms with Gasteiger partial charge in [0.05, 0.1) is 5.02 Å². The first-order chi connectivity index (χ1) is 8.91. The van der Waals surface area contributed by atoms with Gasteiger partial charge in [0.25, 0.3) is 0 Å². The Kier molecular flexibility index (Phi) is 4.93. The van der Waals surface area contributed by atoms with E-state index in [2.05, 4.69) is 22.9 Å². The van der Waals surface area contributed by atoms with Crippen molar-refractivity contribution < 1.29 is 8.42 Å². The zero-order valence-electron chi connectivity index (χ0n) is 10.8. The Balaban J connectivity index is 2.31. The van der Waals surface area contributed by atoms with Gasteiger partial charge in [-0.15, -0.1) is 0 Å². The summed E-state index contributed by atoms with van der Waals surface area (Å²) >= 11 is 9.35. The Hall–Kier alpha value is -0.100. The van der Waals surface area contributed by atoms with Crippen molar-refractivity contribution in [3.05, 3.63) is 27.7 Å². The topological polar surface area (TPSA) is 37.4 Å². The number of rotatable bonds is 2. The first kappa shape index (κ1) is 15.3. The van der Waals surface area contributed by atoms with Gasteiger partial charge in [-0.2, -0.15) is 4.31 Å². The van der Waals surface area contributed by atoms with Crippen molar-refractivity contribution in [2.45, 2.75) is 31.1 Å². The molecule has 0 radical (unpaired) electrons. The quantitative estimate of drug-likeness (QED) is 0.795. The summed E-state index contributed by atoms with van der Waals surface area (Å²) < 4.78 is 27.5. The number of hydrogen-bond donors (Lipinski definition) is 0. The first-order valence-corrected chi connectivity index (χ1v) is 8.97. The fraction of sp³-hybridized carbons (Fsp3) is 0.538. The third kappa shape index (κ3) is 3.51. The van der Waals surface area contributed by atoms with Gasteiger partial charge < -0.3 is 0 Å². The maximum Gasteiger partial charge on any atom is 0.244 e. The lowest BCUT2D eigenvalue weighted by molar-refractivity contribution is 0.417. The minimum atomic E-state index is -3.48. The first-order valence-electron chi connectivity index (χ1n) is 6.36. The van der Waals surface area contributed by atoms with Gasteiger partial charge in [0.2, 0.25) is 10.0 Å². The SMILES string of the molecule is CC1CCCN(S(=O)(=O)c2ccc(Br)cc2Cl)CC1. The molecule has 1 atom stereocenters. The molecule has 1 unspecified atom stereocenters. The third-order valence-corrected chi connectivity index (χ3v) is 6.36. The molecule has 0 saturated carbocycles. The van der Waals surface area contributed by atoms with Crippen LogP contribution in [0.1, 0.15) is 26.2 Å². The molecule has 106 valence electrons. The molecule has 1 aromatic rings. The van der Waals surface area contributed by atoms with Crippen LogP contribution in [-0.4, -0.2) is 25.8 Å². The molecule has 3 nitrogen and oxygen atoms in total. The lowest BCUT2D eigenvalue weighted by atomic mass is 10.0. The molecule has 1 heterocycles. The second-order valence-corrected chi connectivity index (χ2v) is 8.24. The van der Waals surface area contributed by atoms with Gasteiger partial charge in [-0.3, -0.25) is 0 Å². The van der Waals surface area contributed by atoms with Crippen LogP contribution in [0.25, 0.3) is 0 Å². The maximum atomic E-state index is 12.6. The van der Waals surface area contributed by atoms with Gasteiger partial charge >= 0.3 is 0 Å². The minimum absolute atomic E-state index is 0.201. The van der Waals surface area contributed by atoms with E-state index in [1.165, 1.54) is 0 Å². The van der Waals surface area contributed by atoms with E-state index in [0.717, 1.165) is 23.7 Å². The predicted octanol–water partition coefficient (Wildman–Crippen LogP) is 3.91. The summed E-state index contributed by atoms with van der Waals surface area (Å²) in [4.78, 5) is 0.201. The van der Waals surface area contributed by atoms with Crippen LogP contribution < -0.4 is 0 Å². The van der Waals surface area contributed by atoms with E-state index in [4.69, 9.17) is 11.6 Å². The number of nitrogens with zero attached hydrogens (tertiary/aromatic N) is 1. The highest BCUT2D eigenvalue weighted by molar-refractivity contribution is 9.10. The molecule has 1 fully saturated rings. The lowest BCUT2D eigenvalue weighted by Gasteiger charge is -2.20. The van der Waals surface area contributed by atoms with Gasteiger partial charge in [0.1, 0.15) is 4.90 Å². The highest BCUT2D eigenvalue weighted by atomic mass is 79.9. The van der Waals surface area contributed by atoms with E-state index < -0.39 is 10.0 Å². The molecule has 0 N–H and O–H groups in total. The van der Waals surface area contributed by atoms with Crippen LogP contribution in [0.4, 0.5) is 0 Å². The van der Waals surface area contributed by atoms with Gasteiger partial charge in [-0.1, -0.05) is 34.5 Å². The summed E-state index contributed by atoms with van der Waals surface area (Å²) in [6, 6.07) is 4.89. The Morgan fingerprint density at radius 3 is 2.74 bits per heavy atom. The largest absolute Gasteiger partial charge is 0.244 e. The zero-order valence-corrected chi connectivity index (χ0v) is 13.9. The second kappa shape index (κ2) is 6.12. The molecular weight excluding hydrogens is 350 g/mol. The molecule has 1 aromatic carbocycles. The second-order valence-electron chi connectivity index (χ2n) is 5.01. The van der Waals surface area contributed by atoms with E-state index in [1.54, 1.807) is 22.5 Å². The molecule has 0 aromatic heterocycles. The summed E-state index contributed by atoms with van der Waals surface area (Å²) in [5.74, 6) is 0.584. The monoisotopic (exact) mass is 365 g/mol. The highest BCUT2D eigenvalue weighted by Crippen LogP contribution is 2.29. The van der Waals surface area contributed by atoms with Crippen LogP contribution in [0.3, 0.4) is 0 Å². The molecule has 1 aliphatic heterocycles. The number of hydrogen-bond acceptors (Lipinski definition) is 2. The minimum Gasteiger partial charge on any atom is -0.207 e. The summed E-state index contributed by atoms with van der Waals surface area (Å²) in [6.07, 6.45) is 2.90. The van der Waals surface area contributed by atoms with Crippen LogP contribution in [0.5, 0.6) is 0 Å². The number of benzene rings is 1. The molecule has 0 spiro atoms. The van der Waals surface area contributed by atoms with Crippen molar-refractivity contribution in [2.75, 3.05) is 13.1 Å². The summed E-state index contributed by atoms with van der Waals surface area (Å²) in [7, 11) is -3.48. The van der Waals surface area contributed by atoms with Crippen molar-refractivity contribution in [2.24, 2.45) is 5.92 Å². The lowest BCUT2D eigenvalue weighted by Crippen LogP contribution is -2.32. The van der Waals surface area contributed by atoms with Gasteiger partial charge in [-0.05, 0) is 43.4 Å². The van der Waals surface area contributed by atoms with E-state index >= 15 is 0 Å². The van der Waals surface area contributed by atoms with Crippen LogP contribution >= 0.6 is 27.5 Å². The average Bonchev–Trinajstić information content (AvgIpc) is 2.53. The van der Waals surface area contributed by atoms with E-state index in [9.17, 15) is 8.42 Å². The molecule has 2 rings (SSSR count). The van der Waals surface area contributed by atoms with Gasteiger partial charge in [0, 0.05) is 17.6 Å². The molecule has 19 heavy (non-hydrogen) atoms. The Labute approximate surface area is 128 Å². The fourth-order valence-corrected chi connectivity index (χ4v) is 4.81. The Morgan fingerprint density at radius 1 is 1.32 bits per heavy atom. The van der Waals surface area contributed by atoms with E-state index in [1.807, 2.05) is 0 Å². The molecule has 0 aliphatic carbocycles. The molecule has 0 bridgehead atoms. The molecule has 0 amide bonds. The molecule has 6 heteroatoms. The van der Waals surface area contributed by atoms with Gasteiger partial charge in [0.15, 0.2) is 0 Å². The van der Waals surface area contributed by atoms with Crippen molar-refractivity contribution >= 4 is 37.6 Å². The number of sulfonamides is 1. The van der Waals surface area contributed by atoms with Crippen molar-refractivity contribution in [1.82, 2.24) is 4.31 Å². The smallest absolute Gasteiger partial charge is 0.207 e. The van der Waals surface area contributed by atoms with Crippen molar-refractivity contribution in [1.29, 1.82) is 0 Å². The third-order valence-electron chi connectivity index (χ3n) is 3.49. The number of halogens is 2. The van der Waals surface area contributed by atoms with E-state index in [-0.39, 0.29) is 9.92 Å². The zero-order chi connectivity index (χ0) is 14.0. The molecule has 1 saturated heterocycles. The van der Waals surface area contributed by atoms with E-state index in [0.29, 0.717) is 19.0 Å². The molecular formula is C13H17BrClNO2S.